The van der Waals surface area contributed by atoms with E-state index in [2.05, 4.69) is 5.32 Å². The van der Waals surface area contributed by atoms with E-state index < -0.39 is 0 Å². The van der Waals surface area contributed by atoms with Crippen molar-refractivity contribution in [2.75, 3.05) is 5.88 Å². The summed E-state index contributed by atoms with van der Waals surface area (Å²) in [4.78, 5) is 22.5. The first-order valence-electron chi connectivity index (χ1n) is 5.58. The lowest BCUT2D eigenvalue weighted by atomic mass is 10.0. The highest BCUT2D eigenvalue weighted by Gasteiger charge is 2.22. The van der Waals surface area contributed by atoms with Crippen molar-refractivity contribution in [1.82, 2.24) is 5.32 Å². The van der Waals surface area contributed by atoms with E-state index in [1.165, 1.54) is 12.5 Å². The quantitative estimate of drug-likeness (QED) is 0.657. The lowest BCUT2D eigenvalue weighted by molar-refractivity contribution is -0.119. The third kappa shape index (κ3) is 2.67. The molecule has 1 aliphatic carbocycles. The molecule has 0 saturated carbocycles. The Morgan fingerprint density at radius 2 is 2.06 bits per heavy atom. The van der Waals surface area contributed by atoms with Crippen molar-refractivity contribution in [2.24, 2.45) is 0 Å². The Morgan fingerprint density at radius 3 is 2.71 bits per heavy atom. The molecule has 0 fully saturated rings. The Balaban J connectivity index is 2.16. The monoisotopic (exact) mass is 251 g/mol. The summed E-state index contributed by atoms with van der Waals surface area (Å²) in [6.45, 7) is 1.52. The number of hydrogen-bond donors (Lipinski definition) is 1. The number of carbonyl (C=O) groups is 2. The molecule has 2 rings (SSSR count). The molecule has 3 nitrogen and oxygen atoms in total. The van der Waals surface area contributed by atoms with Crippen LogP contribution >= 0.6 is 11.6 Å². The highest BCUT2D eigenvalue weighted by molar-refractivity contribution is 6.30. The largest absolute Gasteiger partial charge is 0.353 e. The molecule has 1 N–H and O–H groups in total. The molecule has 90 valence electrons. The topological polar surface area (TPSA) is 46.2 Å². The fraction of sp³-hybridized carbons (Fsp3) is 0.385. The summed E-state index contributed by atoms with van der Waals surface area (Å²) < 4.78 is 0. The molecule has 4 heteroatoms. The second-order valence-corrected chi connectivity index (χ2v) is 4.61. The van der Waals surface area contributed by atoms with E-state index >= 15 is 0 Å². The number of nitrogens with one attached hydrogen (secondary N) is 1. The summed E-state index contributed by atoms with van der Waals surface area (Å²) in [5.74, 6) is -0.0641. The fourth-order valence-electron chi connectivity index (χ4n) is 2.26. The first-order chi connectivity index (χ1) is 8.10. The van der Waals surface area contributed by atoms with Gasteiger partial charge in [0.25, 0.3) is 0 Å². The minimum absolute atomic E-state index is 0.00785. The average Bonchev–Trinajstić information content (AvgIpc) is 2.67. The first kappa shape index (κ1) is 12.1. The van der Waals surface area contributed by atoms with Crippen LogP contribution in [0.4, 0.5) is 0 Å². The molecule has 0 heterocycles. The van der Waals surface area contributed by atoms with Gasteiger partial charge in [0.1, 0.15) is 0 Å². The number of benzene rings is 1. The first-order valence-corrected chi connectivity index (χ1v) is 6.11. The zero-order chi connectivity index (χ0) is 12.4. The fourth-order valence-corrected chi connectivity index (χ4v) is 2.41. The highest BCUT2D eigenvalue weighted by Crippen LogP contribution is 2.23. The van der Waals surface area contributed by atoms with Crippen molar-refractivity contribution in [3.8, 4) is 0 Å². The molecule has 0 aromatic heterocycles. The van der Waals surface area contributed by atoms with E-state index in [0.29, 0.717) is 5.56 Å². The number of rotatable bonds is 3. The van der Waals surface area contributed by atoms with Crippen LogP contribution < -0.4 is 5.32 Å². The number of alkyl halides is 1. The molecule has 1 aromatic rings. The van der Waals surface area contributed by atoms with Crippen LogP contribution in [0.25, 0.3) is 0 Å². The van der Waals surface area contributed by atoms with Gasteiger partial charge in [-0.1, -0.05) is 12.1 Å². The smallest absolute Gasteiger partial charge is 0.217 e. The number of hydrogen-bond acceptors (Lipinski definition) is 2. The Kier molecular flexibility index (Phi) is 3.48. The number of carbonyl (C=O) groups excluding carboxylic acids is 2. The van der Waals surface area contributed by atoms with E-state index in [4.69, 9.17) is 11.6 Å². The van der Waals surface area contributed by atoms with Gasteiger partial charge in [-0.15, -0.1) is 11.6 Å². The Bertz CT molecular complexity index is 470. The Hall–Kier alpha value is -1.35. The van der Waals surface area contributed by atoms with E-state index in [-0.39, 0.29) is 23.6 Å². The standard InChI is InChI=1S/C13H14ClNO2/c1-8(16)15-12-5-9-2-3-10(13(17)7-14)4-11(9)6-12/h2-4,12H,5-7H2,1H3,(H,15,16). The molecule has 1 aromatic carbocycles. The van der Waals surface area contributed by atoms with Crippen LogP contribution in [-0.4, -0.2) is 23.6 Å². The average molecular weight is 252 g/mol. The second-order valence-electron chi connectivity index (χ2n) is 4.35. The normalized spacial score (nSPS) is 17.6. The zero-order valence-electron chi connectivity index (χ0n) is 9.63. The van der Waals surface area contributed by atoms with E-state index in [1.54, 1.807) is 6.07 Å². The molecule has 0 saturated heterocycles. The lowest BCUT2D eigenvalue weighted by Crippen LogP contribution is -2.33. The van der Waals surface area contributed by atoms with Crippen LogP contribution in [0.1, 0.15) is 28.4 Å². The minimum atomic E-state index is -0.0579. The van der Waals surface area contributed by atoms with Crippen molar-refractivity contribution in [3.05, 3.63) is 34.9 Å². The van der Waals surface area contributed by atoms with Gasteiger partial charge in [-0.05, 0) is 30.0 Å². The summed E-state index contributed by atoms with van der Waals surface area (Å²) in [7, 11) is 0. The Morgan fingerprint density at radius 1 is 1.35 bits per heavy atom. The second kappa shape index (κ2) is 4.88. The van der Waals surface area contributed by atoms with Gasteiger partial charge in [-0.25, -0.2) is 0 Å². The Labute approximate surface area is 105 Å². The van der Waals surface area contributed by atoms with Crippen molar-refractivity contribution in [3.63, 3.8) is 0 Å². The van der Waals surface area contributed by atoms with Crippen molar-refractivity contribution in [1.29, 1.82) is 0 Å². The van der Waals surface area contributed by atoms with E-state index in [9.17, 15) is 9.59 Å². The van der Waals surface area contributed by atoms with Crippen molar-refractivity contribution >= 4 is 23.3 Å². The zero-order valence-corrected chi connectivity index (χ0v) is 10.4. The van der Waals surface area contributed by atoms with Gasteiger partial charge >= 0.3 is 0 Å². The van der Waals surface area contributed by atoms with Gasteiger partial charge in [0.2, 0.25) is 5.91 Å². The van der Waals surface area contributed by atoms with Gasteiger partial charge in [0.05, 0.1) is 5.88 Å². The van der Waals surface area contributed by atoms with Gasteiger partial charge in [0.15, 0.2) is 5.78 Å². The van der Waals surface area contributed by atoms with Gasteiger partial charge < -0.3 is 5.32 Å². The highest BCUT2D eigenvalue weighted by atomic mass is 35.5. The molecular weight excluding hydrogens is 238 g/mol. The molecule has 0 aliphatic heterocycles. The number of Topliss-reactive ketones (excluding diaryl/α,β-unsaturated/α-hetero) is 1. The third-order valence-corrected chi connectivity index (χ3v) is 3.23. The molecule has 1 unspecified atom stereocenters. The summed E-state index contributed by atoms with van der Waals surface area (Å²) in [5.41, 5.74) is 3.00. The van der Waals surface area contributed by atoms with Gasteiger partial charge in [0, 0.05) is 18.5 Å². The summed E-state index contributed by atoms with van der Waals surface area (Å²) >= 11 is 5.53. The SMILES string of the molecule is CC(=O)NC1Cc2ccc(C(=O)CCl)cc2C1. The summed E-state index contributed by atoms with van der Waals surface area (Å²) in [6, 6.07) is 5.81. The van der Waals surface area contributed by atoms with Crippen molar-refractivity contribution < 1.29 is 9.59 Å². The predicted octanol–water partition coefficient (Wildman–Crippen LogP) is 1.71. The molecule has 1 aliphatic rings. The number of ketones is 1. The molecule has 1 amide bonds. The van der Waals surface area contributed by atoms with Crippen LogP contribution in [0.5, 0.6) is 0 Å². The van der Waals surface area contributed by atoms with Crippen LogP contribution in [0.15, 0.2) is 18.2 Å². The maximum Gasteiger partial charge on any atom is 0.217 e. The number of amides is 1. The van der Waals surface area contributed by atoms with Crippen LogP contribution in [-0.2, 0) is 17.6 Å². The number of halogens is 1. The molecule has 0 radical (unpaired) electrons. The molecular formula is C13H14ClNO2. The maximum atomic E-state index is 11.5. The van der Waals surface area contributed by atoms with Crippen LogP contribution in [0, 0.1) is 0 Å². The minimum Gasteiger partial charge on any atom is -0.353 e. The third-order valence-electron chi connectivity index (χ3n) is 2.99. The molecule has 0 spiro atoms. The van der Waals surface area contributed by atoms with E-state index in [1.807, 2.05) is 12.1 Å². The number of fused-ring (bicyclic) bond motifs is 1. The molecule has 17 heavy (non-hydrogen) atoms. The maximum absolute atomic E-state index is 11.5. The lowest BCUT2D eigenvalue weighted by Gasteiger charge is -2.08. The van der Waals surface area contributed by atoms with Gasteiger partial charge in [-0.2, -0.15) is 0 Å². The summed E-state index contributed by atoms with van der Waals surface area (Å²) in [6.07, 6.45) is 1.63. The van der Waals surface area contributed by atoms with Gasteiger partial charge in [-0.3, -0.25) is 9.59 Å². The molecule has 0 bridgehead atoms. The predicted molar refractivity (Wildman–Crippen MR) is 66.5 cm³/mol. The van der Waals surface area contributed by atoms with E-state index in [0.717, 1.165) is 18.4 Å². The summed E-state index contributed by atoms with van der Waals surface area (Å²) in [5, 5.41) is 2.90. The molecule has 1 atom stereocenters. The van der Waals surface area contributed by atoms with Crippen LogP contribution in [0.3, 0.4) is 0 Å². The van der Waals surface area contributed by atoms with Crippen LogP contribution in [0.2, 0.25) is 0 Å². The van der Waals surface area contributed by atoms with Crippen molar-refractivity contribution in [2.45, 2.75) is 25.8 Å².